The maximum atomic E-state index is 4.40. The molecular weight excluding hydrogens is 244 g/mol. The Bertz CT molecular complexity index is 558. The Labute approximate surface area is 121 Å². The molecule has 1 aliphatic carbocycles. The summed E-state index contributed by atoms with van der Waals surface area (Å²) in [4.78, 5) is 4.40. The highest BCUT2D eigenvalue weighted by atomic mass is 14.9. The van der Waals surface area contributed by atoms with Gasteiger partial charge in [0, 0.05) is 17.6 Å². The molecule has 2 heteroatoms. The molecule has 1 fully saturated rings. The second-order valence-electron chi connectivity index (χ2n) is 6.04. The number of hydrogen-bond acceptors (Lipinski definition) is 2. The van der Waals surface area contributed by atoms with E-state index in [1.807, 2.05) is 12.3 Å². The first-order chi connectivity index (χ1) is 9.86. The number of nitrogens with one attached hydrogen (secondary N) is 1. The molecule has 1 unspecified atom stereocenters. The molecule has 1 aromatic carbocycles. The summed E-state index contributed by atoms with van der Waals surface area (Å²) in [5.41, 5.74) is 2.49. The van der Waals surface area contributed by atoms with Gasteiger partial charge in [0.25, 0.3) is 0 Å². The normalized spacial score (nSPS) is 18.2. The number of fused-ring (bicyclic) bond motifs is 1. The van der Waals surface area contributed by atoms with Gasteiger partial charge in [-0.25, -0.2) is 0 Å². The number of nitrogens with zero attached hydrogens (tertiary/aromatic N) is 1. The van der Waals surface area contributed by atoms with E-state index in [0.29, 0.717) is 6.04 Å². The highest BCUT2D eigenvalue weighted by Crippen LogP contribution is 2.32. The Morgan fingerprint density at radius 2 is 2.05 bits per heavy atom. The maximum Gasteiger partial charge on any atom is 0.0702 e. The van der Waals surface area contributed by atoms with Gasteiger partial charge in [0.1, 0.15) is 0 Å². The van der Waals surface area contributed by atoms with Crippen molar-refractivity contribution in [1.82, 2.24) is 10.3 Å². The highest BCUT2D eigenvalue weighted by Gasteiger charge is 2.19. The van der Waals surface area contributed by atoms with Gasteiger partial charge in [0.2, 0.25) is 0 Å². The first-order valence-corrected chi connectivity index (χ1v) is 7.89. The lowest BCUT2D eigenvalue weighted by atomic mass is 9.83. The third-order valence-electron chi connectivity index (χ3n) is 4.67. The van der Waals surface area contributed by atoms with Crippen LogP contribution in [-0.4, -0.2) is 12.0 Å². The van der Waals surface area contributed by atoms with Crippen LogP contribution in [0.1, 0.15) is 50.1 Å². The zero-order valence-electron chi connectivity index (χ0n) is 12.3. The average molecular weight is 268 g/mol. The molecule has 1 saturated carbocycles. The van der Waals surface area contributed by atoms with Gasteiger partial charge < -0.3 is 5.32 Å². The van der Waals surface area contributed by atoms with Crippen LogP contribution in [0.4, 0.5) is 0 Å². The van der Waals surface area contributed by atoms with Gasteiger partial charge in [0.05, 0.1) is 5.52 Å². The van der Waals surface area contributed by atoms with Crippen molar-refractivity contribution in [3.05, 3.63) is 42.1 Å². The van der Waals surface area contributed by atoms with Crippen molar-refractivity contribution in [1.29, 1.82) is 0 Å². The quantitative estimate of drug-likeness (QED) is 0.885. The summed E-state index contributed by atoms with van der Waals surface area (Å²) >= 11 is 0. The standard InChI is InChI=1S/C18H24N2/c1-19-18(12-14-6-3-2-4-7-14)16-9-10-17-15(13-16)8-5-11-20-17/h5,8-11,13-14,18-19H,2-4,6-7,12H2,1H3. The average Bonchev–Trinajstić information content (AvgIpc) is 2.53. The van der Waals surface area contributed by atoms with Crippen LogP contribution in [0.2, 0.25) is 0 Å². The third kappa shape index (κ3) is 3.01. The lowest BCUT2D eigenvalue weighted by molar-refractivity contribution is 0.306. The smallest absolute Gasteiger partial charge is 0.0702 e. The van der Waals surface area contributed by atoms with Crippen molar-refractivity contribution in [2.75, 3.05) is 7.05 Å². The first-order valence-electron chi connectivity index (χ1n) is 7.89. The van der Waals surface area contributed by atoms with Crippen LogP contribution in [0.5, 0.6) is 0 Å². The predicted molar refractivity (Wildman–Crippen MR) is 84.7 cm³/mol. The Kier molecular flexibility index (Phi) is 4.31. The van der Waals surface area contributed by atoms with Crippen molar-refractivity contribution in [3.8, 4) is 0 Å². The van der Waals surface area contributed by atoms with E-state index in [9.17, 15) is 0 Å². The Morgan fingerprint density at radius 3 is 2.85 bits per heavy atom. The number of rotatable bonds is 4. The van der Waals surface area contributed by atoms with E-state index in [1.165, 1.54) is 49.5 Å². The second-order valence-corrected chi connectivity index (χ2v) is 6.04. The van der Waals surface area contributed by atoms with Gasteiger partial charge in [-0.15, -0.1) is 0 Å². The number of pyridine rings is 1. The van der Waals surface area contributed by atoms with E-state index in [1.54, 1.807) is 0 Å². The molecule has 1 atom stereocenters. The number of hydrogen-bond donors (Lipinski definition) is 1. The van der Waals surface area contributed by atoms with Crippen LogP contribution < -0.4 is 5.32 Å². The van der Waals surface area contributed by atoms with E-state index < -0.39 is 0 Å². The molecule has 1 heterocycles. The minimum absolute atomic E-state index is 0.475. The predicted octanol–water partition coefficient (Wildman–Crippen LogP) is 4.47. The van der Waals surface area contributed by atoms with E-state index >= 15 is 0 Å². The molecule has 2 aromatic rings. The monoisotopic (exact) mass is 268 g/mol. The molecule has 1 aromatic heterocycles. The van der Waals surface area contributed by atoms with Crippen molar-refractivity contribution >= 4 is 10.9 Å². The minimum atomic E-state index is 0.475. The van der Waals surface area contributed by atoms with E-state index in [0.717, 1.165) is 11.4 Å². The van der Waals surface area contributed by atoms with E-state index in [-0.39, 0.29) is 0 Å². The summed E-state index contributed by atoms with van der Waals surface area (Å²) in [7, 11) is 2.08. The molecule has 1 N–H and O–H groups in total. The van der Waals surface area contributed by atoms with Crippen LogP contribution in [-0.2, 0) is 0 Å². The van der Waals surface area contributed by atoms with Crippen LogP contribution in [0.3, 0.4) is 0 Å². The summed E-state index contributed by atoms with van der Waals surface area (Å²) in [6, 6.07) is 11.3. The topological polar surface area (TPSA) is 24.9 Å². The zero-order chi connectivity index (χ0) is 13.8. The Morgan fingerprint density at radius 1 is 1.20 bits per heavy atom. The molecule has 1 aliphatic rings. The van der Waals surface area contributed by atoms with Crippen LogP contribution in [0.15, 0.2) is 36.5 Å². The van der Waals surface area contributed by atoms with Gasteiger partial charge in [-0.05, 0) is 43.1 Å². The van der Waals surface area contributed by atoms with Gasteiger partial charge >= 0.3 is 0 Å². The number of aromatic nitrogens is 1. The van der Waals surface area contributed by atoms with Crippen molar-refractivity contribution in [3.63, 3.8) is 0 Å². The maximum absolute atomic E-state index is 4.40. The van der Waals surface area contributed by atoms with E-state index in [2.05, 4.69) is 41.6 Å². The molecule has 0 amide bonds. The molecule has 0 bridgehead atoms. The lowest BCUT2D eigenvalue weighted by Crippen LogP contribution is -2.21. The summed E-state index contributed by atoms with van der Waals surface area (Å²) in [6.45, 7) is 0. The molecular formula is C18H24N2. The van der Waals surface area contributed by atoms with Gasteiger partial charge in [-0.2, -0.15) is 0 Å². The fourth-order valence-corrected chi connectivity index (χ4v) is 3.49. The summed E-state index contributed by atoms with van der Waals surface area (Å²) in [6.07, 6.45) is 10.2. The third-order valence-corrected chi connectivity index (χ3v) is 4.67. The molecule has 0 saturated heterocycles. The lowest BCUT2D eigenvalue weighted by Gasteiger charge is -2.26. The molecule has 106 valence electrons. The molecule has 0 spiro atoms. The largest absolute Gasteiger partial charge is 0.313 e. The summed E-state index contributed by atoms with van der Waals surface area (Å²) in [5, 5.41) is 4.75. The Balaban J connectivity index is 1.79. The molecule has 0 radical (unpaired) electrons. The zero-order valence-corrected chi connectivity index (χ0v) is 12.3. The van der Waals surface area contributed by atoms with Gasteiger partial charge in [-0.3, -0.25) is 4.98 Å². The second kappa shape index (κ2) is 6.36. The Hall–Kier alpha value is -1.41. The van der Waals surface area contributed by atoms with Crippen molar-refractivity contribution < 1.29 is 0 Å². The SMILES string of the molecule is CNC(CC1CCCCC1)c1ccc2ncccc2c1. The molecule has 0 aliphatic heterocycles. The van der Waals surface area contributed by atoms with Crippen molar-refractivity contribution in [2.24, 2.45) is 5.92 Å². The van der Waals surface area contributed by atoms with Crippen LogP contribution >= 0.6 is 0 Å². The van der Waals surface area contributed by atoms with Gasteiger partial charge in [-0.1, -0.05) is 44.2 Å². The molecule has 3 rings (SSSR count). The minimum Gasteiger partial charge on any atom is -0.313 e. The van der Waals surface area contributed by atoms with Crippen LogP contribution in [0, 0.1) is 5.92 Å². The van der Waals surface area contributed by atoms with Crippen LogP contribution in [0.25, 0.3) is 10.9 Å². The molecule has 2 nitrogen and oxygen atoms in total. The first kappa shape index (κ1) is 13.6. The summed E-state index contributed by atoms with van der Waals surface area (Å²) in [5.74, 6) is 0.894. The van der Waals surface area contributed by atoms with Crippen molar-refractivity contribution in [2.45, 2.75) is 44.6 Å². The molecule has 20 heavy (non-hydrogen) atoms. The fourth-order valence-electron chi connectivity index (χ4n) is 3.49. The highest BCUT2D eigenvalue weighted by molar-refractivity contribution is 5.79. The van der Waals surface area contributed by atoms with E-state index in [4.69, 9.17) is 0 Å². The fraction of sp³-hybridized carbons (Fsp3) is 0.500. The van der Waals surface area contributed by atoms with Gasteiger partial charge in [0.15, 0.2) is 0 Å². The number of benzene rings is 1. The summed E-state index contributed by atoms with van der Waals surface area (Å²) < 4.78 is 0.